The van der Waals surface area contributed by atoms with E-state index in [1.807, 2.05) is 19.9 Å². The molecule has 2 aromatic carbocycles. The first-order chi connectivity index (χ1) is 20.4. The fourth-order valence-electron chi connectivity index (χ4n) is 4.77. The Labute approximate surface area is 251 Å². The van der Waals surface area contributed by atoms with Gasteiger partial charge in [0.25, 0.3) is 5.91 Å². The molecule has 0 fully saturated rings. The molecule has 8 nitrogen and oxygen atoms in total. The molecule has 0 bridgehead atoms. The molecule has 2 N–H and O–H groups in total. The number of fused-ring (bicyclic) bond motifs is 1. The fraction of sp³-hybridized carbons (Fsp3) is 0.406. The smallest absolute Gasteiger partial charge is 0.370 e. The van der Waals surface area contributed by atoms with Crippen LogP contribution < -0.4 is 20.4 Å². The van der Waals surface area contributed by atoms with Gasteiger partial charge in [-0.3, -0.25) is 14.6 Å². The zero-order valence-corrected chi connectivity index (χ0v) is 25.7. The third-order valence-electron chi connectivity index (χ3n) is 7.17. The van der Waals surface area contributed by atoms with Gasteiger partial charge in [-0.2, -0.15) is 13.2 Å². The highest BCUT2D eigenvalue weighted by molar-refractivity contribution is 6.08. The number of rotatable bonds is 9. The molecule has 232 valence electrons. The number of nitrogens with zero attached hydrogens (tertiary/aromatic N) is 4. The minimum absolute atomic E-state index is 0.118. The fourth-order valence-corrected chi connectivity index (χ4v) is 4.77. The predicted molar refractivity (Wildman–Crippen MR) is 167 cm³/mol. The molecule has 1 aromatic heterocycles. The van der Waals surface area contributed by atoms with Gasteiger partial charge in [0.2, 0.25) is 0 Å². The molecule has 0 aliphatic carbocycles. The lowest BCUT2D eigenvalue weighted by atomic mass is 10.1. The molecule has 0 spiro atoms. The van der Waals surface area contributed by atoms with Crippen LogP contribution in [0.2, 0.25) is 0 Å². The number of urea groups is 1. The maximum atomic E-state index is 13.2. The molecular formula is C32H41F3N6O2. The summed E-state index contributed by atoms with van der Waals surface area (Å²) in [5, 5.41) is 5.76. The molecule has 1 aliphatic rings. The summed E-state index contributed by atoms with van der Waals surface area (Å²) < 4.78 is 39.0. The summed E-state index contributed by atoms with van der Waals surface area (Å²) in [7, 11) is 1.68. The Hall–Kier alpha value is -4.12. The summed E-state index contributed by atoms with van der Waals surface area (Å²) in [6.07, 6.45) is -1.55. The van der Waals surface area contributed by atoms with Crippen LogP contribution >= 0.6 is 0 Å². The van der Waals surface area contributed by atoms with E-state index in [-0.39, 0.29) is 18.1 Å². The lowest BCUT2D eigenvalue weighted by molar-refractivity contribution is -0.137. The van der Waals surface area contributed by atoms with E-state index in [1.54, 1.807) is 36.3 Å². The van der Waals surface area contributed by atoms with Crippen LogP contribution in [-0.2, 0) is 12.7 Å². The minimum Gasteiger partial charge on any atom is -0.370 e. The molecule has 1 aliphatic heterocycles. The van der Waals surface area contributed by atoms with Crippen LogP contribution in [0.4, 0.5) is 40.8 Å². The topological polar surface area (TPSA) is 80.8 Å². The molecule has 0 radical (unpaired) electrons. The van der Waals surface area contributed by atoms with Crippen molar-refractivity contribution >= 4 is 34.8 Å². The van der Waals surface area contributed by atoms with Gasteiger partial charge in [0, 0.05) is 42.7 Å². The molecular weight excluding hydrogens is 557 g/mol. The monoisotopic (exact) mass is 598 g/mol. The molecule has 11 heteroatoms. The molecule has 43 heavy (non-hydrogen) atoms. The highest BCUT2D eigenvalue weighted by Gasteiger charge is 2.32. The van der Waals surface area contributed by atoms with E-state index >= 15 is 0 Å². The highest BCUT2D eigenvalue weighted by Crippen LogP contribution is 2.35. The maximum Gasteiger partial charge on any atom is 0.416 e. The molecule has 2 heterocycles. The molecule has 0 unspecified atom stereocenters. The number of aromatic nitrogens is 1. The first-order valence-corrected chi connectivity index (χ1v) is 14.5. The number of anilines is 4. The Morgan fingerprint density at radius 2 is 1.74 bits per heavy atom. The average molecular weight is 599 g/mol. The van der Waals surface area contributed by atoms with Crippen LogP contribution in [0.3, 0.4) is 0 Å². The second-order valence-corrected chi connectivity index (χ2v) is 10.2. The van der Waals surface area contributed by atoms with Crippen LogP contribution in [0.15, 0.2) is 54.7 Å². The van der Waals surface area contributed by atoms with E-state index in [1.165, 1.54) is 43.1 Å². The SMILES string of the molecule is CCCN(CC)CC.CCNc1cc2c(cn1)CN(c1cc(NC(=O)c3cccc(C(F)(F)F)c3)ccc1C)C(=O)N2C. The second kappa shape index (κ2) is 14.9. The summed E-state index contributed by atoms with van der Waals surface area (Å²) in [4.78, 5) is 35.8. The van der Waals surface area contributed by atoms with Crippen molar-refractivity contribution in [3.63, 3.8) is 0 Å². The van der Waals surface area contributed by atoms with Gasteiger partial charge in [0.15, 0.2) is 0 Å². The number of benzene rings is 2. The van der Waals surface area contributed by atoms with Crippen molar-refractivity contribution in [3.05, 3.63) is 77.0 Å². The zero-order valence-electron chi connectivity index (χ0n) is 25.7. The number of hydrogen-bond acceptors (Lipinski definition) is 5. The number of pyridine rings is 1. The predicted octanol–water partition coefficient (Wildman–Crippen LogP) is 7.41. The number of carbonyl (C=O) groups is 2. The largest absolute Gasteiger partial charge is 0.416 e. The van der Waals surface area contributed by atoms with Crippen LogP contribution in [-0.4, -0.2) is 55.0 Å². The standard InChI is InChI=1S/C25H24F3N5O2.C7H17N/c1-4-29-22-12-21-17(13-30-22)14-33(24(35)32(21)3)20-11-19(9-8-15(20)2)31-23(34)16-6-5-7-18(10-16)25(26,27)28;1-4-7-8(5-2)6-3/h5-13H,4,14H2,1-3H3,(H,29,30)(H,31,34);4-7H2,1-3H3. The Bertz CT molecular complexity index is 1410. The van der Waals surface area contributed by atoms with Gasteiger partial charge in [-0.25, -0.2) is 9.78 Å². The Balaban J connectivity index is 0.000000557. The Morgan fingerprint density at radius 1 is 1.02 bits per heavy atom. The van der Waals surface area contributed by atoms with Crippen molar-refractivity contribution in [2.45, 2.75) is 53.8 Å². The average Bonchev–Trinajstić information content (AvgIpc) is 2.99. The third-order valence-corrected chi connectivity index (χ3v) is 7.17. The van der Waals surface area contributed by atoms with Crippen LogP contribution in [0.1, 0.15) is 61.2 Å². The van der Waals surface area contributed by atoms with E-state index in [0.29, 0.717) is 23.7 Å². The number of halogens is 3. The number of hydrogen-bond donors (Lipinski definition) is 2. The van der Waals surface area contributed by atoms with E-state index in [9.17, 15) is 22.8 Å². The maximum absolute atomic E-state index is 13.2. The Kier molecular flexibility index (Phi) is 11.5. The number of nitrogens with one attached hydrogen (secondary N) is 2. The van der Waals surface area contributed by atoms with Crippen molar-refractivity contribution in [1.82, 2.24) is 9.88 Å². The summed E-state index contributed by atoms with van der Waals surface area (Å²) in [5.41, 5.74) is 2.31. The first kappa shape index (κ1) is 33.4. The van der Waals surface area contributed by atoms with Gasteiger partial charge >= 0.3 is 12.2 Å². The van der Waals surface area contributed by atoms with Gasteiger partial charge < -0.3 is 15.5 Å². The van der Waals surface area contributed by atoms with Gasteiger partial charge in [0.1, 0.15) is 5.82 Å². The second-order valence-electron chi connectivity index (χ2n) is 10.2. The van der Waals surface area contributed by atoms with E-state index < -0.39 is 17.6 Å². The molecule has 0 saturated heterocycles. The van der Waals surface area contributed by atoms with Gasteiger partial charge in [-0.15, -0.1) is 0 Å². The zero-order chi connectivity index (χ0) is 31.7. The molecule has 4 rings (SSSR count). The molecule has 3 amide bonds. The summed E-state index contributed by atoms with van der Waals surface area (Å²) in [5.74, 6) is -0.00618. The lowest BCUT2D eigenvalue weighted by Gasteiger charge is -2.36. The van der Waals surface area contributed by atoms with Crippen LogP contribution in [0.25, 0.3) is 0 Å². The number of alkyl halides is 3. The molecule has 0 atom stereocenters. The number of carbonyl (C=O) groups excluding carboxylic acids is 2. The lowest BCUT2D eigenvalue weighted by Crippen LogP contribution is -2.45. The number of amides is 3. The quantitative estimate of drug-likeness (QED) is 0.268. The summed E-state index contributed by atoms with van der Waals surface area (Å²) in [6.45, 7) is 15.1. The van der Waals surface area contributed by atoms with Crippen molar-refractivity contribution < 1.29 is 22.8 Å². The highest BCUT2D eigenvalue weighted by atomic mass is 19.4. The van der Waals surface area contributed by atoms with Gasteiger partial charge in [0.05, 0.1) is 23.5 Å². The normalized spacial score (nSPS) is 12.9. The van der Waals surface area contributed by atoms with Crippen molar-refractivity contribution in [1.29, 1.82) is 0 Å². The van der Waals surface area contributed by atoms with E-state index in [0.717, 1.165) is 28.9 Å². The Morgan fingerprint density at radius 3 is 2.35 bits per heavy atom. The minimum atomic E-state index is -4.55. The number of aryl methyl sites for hydroxylation is 1. The van der Waals surface area contributed by atoms with E-state index in [4.69, 9.17) is 0 Å². The van der Waals surface area contributed by atoms with Crippen molar-refractivity contribution in [2.75, 3.05) is 53.7 Å². The van der Waals surface area contributed by atoms with Gasteiger partial charge in [-0.1, -0.05) is 32.9 Å². The summed E-state index contributed by atoms with van der Waals surface area (Å²) in [6, 6.07) is 10.8. The van der Waals surface area contributed by atoms with Crippen molar-refractivity contribution in [2.24, 2.45) is 0 Å². The van der Waals surface area contributed by atoms with Crippen LogP contribution in [0.5, 0.6) is 0 Å². The van der Waals surface area contributed by atoms with Crippen LogP contribution in [0, 0.1) is 6.92 Å². The van der Waals surface area contributed by atoms with Crippen molar-refractivity contribution in [3.8, 4) is 0 Å². The van der Waals surface area contributed by atoms with E-state index in [2.05, 4.69) is 41.3 Å². The van der Waals surface area contributed by atoms with Gasteiger partial charge in [-0.05, 0) is 75.8 Å². The first-order valence-electron chi connectivity index (χ1n) is 14.5. The molecule has 0 saturated carbocycles. The molecule has 3 aromatic rings. The summed E-state index contributed by atoms with van der Waals surface area (Å²) >= 11 is 0. The third kappa shape index (κ3) is 8.47.